The van der Waals surface area contributed by atoms with Crippen LogP contribution in [0.2, 0.25) is 10.4 Å². The molecular weight excluding hydrogens is 209 g/mol. The van der Waals surface area contributed by atoms with E-state index >= 15 is 0 Å². The second-order valence-corrected chi connectivity index (χ2v) is 3.60. The third-order valence-electron chi connectivity index (χ3n) is 2.07. The molecule has 2 aromatic rings. The minimum absolute atomic E-state index is 0.160. The first-order chi connectivity index (χ1) is 6.09. The summed E-state index contributed by atoms with van der Waals surface area (Å²) < 4.78 is 1.66. The van der Waals surface area contributed by atoms with E-state index in [1.807, 2.05) is 20.0 Å². The van der Waals surface area contributed by atoms with E-state index in [-0.39, 0.29) is 5.28 Å². The molecule has 0 amide bonds. The molecule has 0 aliphatic heterocycles. The van der Waals surface area contributed by atoms with Gasteiger partial charge in [-0.15, -0.1) is 5.10 Å². The molecule has 0 spiro atoms. The summed E-state index contributed by atoms with van der Waals surface area (Å²) in [6.45, 7) is 3.97. The van der Waals surface area contributed by atoms with Crippen molar-refractivity contribution in [1.29, 1.82) is 0 Å². The standard InChI is InChI=1S/C8H7Cl2N3/c1-4-3-13-6(5(4)2)7(9)11-8(10)12-13/h3H,1-2H3. The Morgan fingerprint density at radius 1 is 1.31 bits per heavy atom. The lowest BCUT2D eigenvalue weighted by atomic mass is 10.2. The molecule has 3 nitrogen and oxygen atoms in total. The molecular formula is C8H7Cl2N3. The summed E-state index contributed by atoms with van der Waals surface area (Å²) in [6, 6.07) is 0. The van der Waals surface area contributed by atoms with Gasteiger partial charge < -0.3 is 0 Å². The van der Waals surface area contributed by atoms with Crippen molar-refractivity contribution in [3.8, 4) is 0 Å². The first-order valence-electron chi connectivity index (χ1n) is 3.77. The van der Waals surface area contributed by atoms with Crippen LogP contribution >= 0.6 is 23.2 Å². The van der Waals surface area contributed by atoms with Gasteiger partial charge in [-0.3, -0.25) is 0 Å². The number of halogens is 2. The van der Waals surface area contributed by atoms with Gasteiger partial charge in [0.2, 0.25) is 5.28 Å². The third-order valence-corrected chi connectivity index (χ3v) is 2.49. The number of fused-ring (bicyclic) bond motifs is 1. The highest BCUT2D eigenvalue weighted by atomic mass is 35.5. The summed E-state index contributed by atoms with van der Waals surface area (Å²) in [6.07, 6.45) is 1.88. The Morgan fingerprint density at radius 2 is 2.00 bits per heavy atom. The van der Waals surface area contributed by atoms with Crippen LogP contribution in [0.15, 0.2) is 6.20 Å². The predicted molar refractivity (Wildman–Crippen MR) is 52.5 cm³/mol. The van der Waals surface area contributed by atoms with Gasteiger partial charge in [0.05, 0.1) is 0 Å². The molecule has 0 atom stereocenters. The molecule has 2 rings (SSSR count). The van der Waals surface area contributed by atoms with E-state index < -0.39 is 0 Å². The molecule has 0 N–H and O–H groups in total. The zero-order valence-electron chi connectivity index (χ0n) is 7.17. The molecule has 0 bridgehead atoms. The van der Waals surface area contributed by atoms with E-state index in [0.29, 0.717) is 5.15 Å². The number of aryl methyl sites for hydroxylation is 2. The van der Waals surface area contributed by atoms with E-state index in [9.17, 15) is 0 Å². The molecule has 0 unspecified atom stereocenters. The number of nitrogens with zero attached hydrogens (tertiary/aromatic N) is 3. The number of hydrogen-bond acceptors (Lipinski definition) is 2. The molecule has 0 fully saturated rings. The van der Waals surface area contributed by atoms with Crippen molar-refractivity contribution in [3.05, 3.63) is 27.8 Å². The quantitative estimate of drug-likeness (QED) is 0.677. The maximum atomic E-state index is 5.92. The van der Waals surface area contributed by atoms with Crippen LogP contribution in [-0.2, 0) is 0 Å². The summed E-state index contributed by atoms with van der Waals surface area (Å²) in [7, 11) is 0. The van der Waals surface area contributed by atoms with E-state index in [0.717, 1.165) is 16.6 Å². The summed E-state index contributed by atoms with van der Waals surface area (Å²) in [4.78, 5) is 3.87. The lowest BCUT2D eigenvalue weighted by Crippen LogP contribution is -1.94. The molecule has 0 aromatic carbocycles. The van der Waals surface area contributed by atoms with Gasteiger partial charge in [-0.2, -0.15) is 0 Å². The molecule has 5 heteroatoms. The van der Waals surface area contributed by atoms with Crippen LogP contribution in [0.1, 0.15) is 11.1 Å². The topological polar surface area (TPSA) is 30.2 Å². The van der Waals surface area contributed by atoms with Crippen molar-refractivity contribution in [2.45, 2.75) is 13.8 Å². The maximum Gasteiger partial charge on any atom is 0.242 e. The Kier molecular flexibility index (Phi) is 1.93. The fraction of sp³-hybridized carbons (Fsp3) is 0.250. The molecule has 68 valence electrons. The smallest absolute Gasteiger partial charge is 0.234 e. The van der Waals surface area contributed by atoms with Crippen LogP contribution < -0.4 is 0 Å². The average Bonchev–Trinajstić information content (AvgIpc) is 2.27. The van der Waals surface area contributed by atoms with Crippen molar-refractivity contribution >= 4 is 28.7 Å². The number of aromatic nitrogens is 3. The van der Waals surface area contributed by atoms with Crippen LogP contribution in [0.4, 0.5) is 0 Å². The zero-order valence-corrected chi connectivity index (χ0v) is 8.69. The normalized spacial score (nSPS) is 11.1. The van der Waals surface area contributed by atoms with Gasteiger partial charge in [0.15, 0.2) is 5.15 Å². The second kappa shape index (κ2) is 2.86. The molecule has 2 heterocycles. The Hall–Kier alpha value is -0.800. The predicted octanol–water partition coefficient (Wildman–Crippen LogP) is 2.65. The van der Waals surface area contributed by atoms with Gasteiger partial charge in [0.25, 0.3) is 0 Å². The minimum Gasteiger partial charge on any atom is -0.234 e. The minimum atomic E-state index is 0.160. The number of hydrogen-bond donors (Lipinski definition) is 0. The monoisotopic (exact) mass is 215 g/mol. The van der Waals surface area contributed by atoms with Crippen molar-refractivity contribution < 1.29 is 0 Å². The van der Waals surface area contributed by atoms with Crippen molar-refractivity contribution in [2.75, 3.05) is 0 Å². The second-order valence-electron chi connectivity index (χ2n) is 2.90. The lowest BCUT2D eigenvalue weighted by Gasteiger charge is -1.97. The Bertz CT molecular complexity index is 476. The van der Waals surface area contributed by atoms with E-state index in [1.54, 1.807) is 4.52 Å². The van der Waals surface area contributed by atoms with Gasteiger partial charge in [0.1, 0.15) is 5.52 Å². The molecule has 0 saturated carbocycles. The Morgan fingerprint density at radius 3 is 2.69 bits per heavy atom. The van der Waals surface area contributed by atoms with Crippen LogP contribution in [0.5, 0.6) is 0 Å². The molecule has 2 aromatic heterocycles. The van der Waals surface area contributed by atoms with E-state index in [1.165, 1.54) is 0 Å². The van der Waals surface area contributed by atoms with Crippen LogP contribution in [0, 0.1) is 13.8 Å². The van der Waals surface area contributed by atoms with Gasteiger partial charge >= 0.3 is 0 Å². The van der Waals surface area contributed by atoms with Gasteiger partial charge in [-0.1, -0.05) is 11.6 Å². The average molecular weight is 216 g/mol. The SMILES string of the molecule is Cc1cn2nc(Cl)nc(Cl)c2c1C. The van der Waals surface area contributed by atoms with E-state index in [2.05, 4.69) is 10.1 Å². The van der Waals surface area contributed by atoms with Crippen LogP contribution in [0.25, 0.3) is 5.52 Å². The largest absolute Gasteiger partial charge is 0.242 e. The van der Waals surface area contributed by atoms with Crippen LogP contribution in [-0.4, -0.2) is 14.6 Å². The summed E-state index contributed by atoms with van der Waals surface area (Å²) in [5.41, 5.74) is 3.03. The van der Waals surface area contributed by atoms with Gasteiger partial charge in [0, 0.05) is 6.20 Å². The van der Waals surface area contributed by atoms with Crippen LogP contribution in [0.3, 0.4) is 0 Å². The zero-order chi connectivity index (χ0) is 9.59. The summed E-state index contributed by atoms with van der Waals surface area (Å²) in [5, 5.41) is 4.56. The Balaban J connectivity index is 2.94. The molecule has 0 aliphatic carbocycles. The maximum absolute atomic E-state index is 5.92. The highest BCUT2D eigenvalue weighted by molar-refractivity contribution is 6.34. The third kappa shape index (κ3) is 1.28. The lowest BCUT2D eigenvalue weighted by molar-refractivity contribution is 0.901. The van der Waals surface area contributed by atoms with Gasteiger partial charge in [-0.05, 0) is 36.6 Å². The molecule has 0 saturated heterocycles. The molecule has 0 aliphatic rings. The molecule has 0 radical (unpaired) electrons. The fourth-order valence-corrected chi connectivity index (χ4v) is 1.79. The first kappa shape index (κ1) is 8.78. The van der Waals surface area contributed by atoms with Gasteiger partial charge in [-0.25, -0.2) is 9.50 Å². The highest BCUT2D eigenvalue weighted by Crippen LogP contribution is 2.23. The number of rotatable bonds is 0. The molecule has 13 heavy (non-hydrogen) atoms. The fourth-order valence-electron chi connectivity index (χ4n) is 1.28. The summed E-state index contributed by atoms with van der Waals surface area (Å²) in [5.74, 6) is 0. The highest BCUT2D eigenvalue weighted by Gasteiger charge is 2.09. The van der Waals surface area contributed by atoms with Crippen molar-refractivity contribution in [1.82, 2.24) is 14.6 Å². The summed E-state index contributed by atoms with van der Waals surface area (Å²) >= 11 is 11.6. The van der Waals surface area contributed by atoms with Crippen molar-refractivity contribution in [2.24, 2.45) is 0 Å². The Labute approximate surface area is 85.3 Å². The van der Waals surface area contributed by atoms with E-state index in [4.69, 9.17) is 23.2 Å². The first-order valence-corrected chi connectivity index (χ1v) is 4.53. The van der Waals surface area contributed by atoms with Crippen molar-refractivity contribution in [3.63, 3.8) is 0 Å².